The minimum atomic E-state index is 0.749. The van der Waals surface area contributed by atoms with Gasteiger partial charge in [0.15, 0.2) is 5.82 Å². The van der Waals surface area contributed by atoms with Crippen LogP contribution in [-0.2, 0) is 0 Å². The van der Waals surface area contributed by atoms with Gasteiger partial charge in [0.25, 0.3) is 0 Å². The highest BCUT2D eigenvalue weighted by Crippen LogP contribution is 2.43. The molecule has 0 saturated carbocycles. The highest BCUT2D eigenvalue weighted by molar-refractivity contribution is 6.18. The van der Waals surface area contributed by atoms with E-state index in [1.165, 1.54) is 65.2 Å². The largest absolute Gasteiger partial charge is 0.309 e. The standard InChI is InChI=1S/C64H42N6/c1-2-19-41(20-3-1)64-65-50(40-61(66-64)70-56-34-15-9-28-49(56)63-59(37-18-38-60(63)70)69-53-31-12-6-25-46(53)47-26-7-13-32-54(47)69)42-21-16-22-43(39-42)67-55-33-14-8-27-48(55)62-57(67)35-17-36-58(62)68-51-29-10-4-23-44(51)45-24-5-11-30-52(45)68/h1-2,4-19,21-40H,3,20H2. The molecule has 0 bridgehead atoms. The molecule has 0 amide bonds. The van der Waals surface area contributed by atoms with Gasteiger partial charge in [-0.1, -0.05) is 152 Å². The van der Waals surface area contributed by atoms with E-state index in [9.17, 15) is 0 Å². The number of hydrogen-bond donors (Lipinski definition) is 0. The number of para-hydroxylation sites is 6. The Hall–Kier alpha value is -9.26. The van der Waals surface area contributed by atoms with E-state index in [-0.39, 0.29) is 0 Å². The molecule has 0 saturated heterocycles. The van der Waals surface area contributed by atoms with Crippen molar-refractivity contribution in [1.82, 2.24) is 28.2 Å². The lowest BCUT2D eigenvalue weighted by Gasteiger charge is -2.15. The smallest absolute Gasteiger partial charge is 0.158 e. The molecule has 5 aromatic heterocycles. The summed E-state index contributed by atoms with van der Waals surface area (Å²) < 4.78 is 9.65. The van der Waals surface area contributed by atoms with Gasteiger partial charge in [0.2, 0.25) is 0 Å². The molecule has 1 aliphatic rings. The summed E-state index contributed by atoms with van der Waals surface area (Å²) in [6.45, 7) is 0. The Kier molecular flexibility index (Phi) is 8.38. The van der Waals surface area contributed by atoms with Gasteiger partial charge in [-0.3, -0.25) is 4.57 Å². The monoisotopic (exact) mass is 894 g/mol. The zero-order valence-corrected chi connectivity index (χ0v) is 38.0. The summed E-state index contributed by atoms with van der Waals surface area (Å²) in [5, 5.41) is 9.75. The molecule has 9 aromatic carbocycles. The van der Waals surface area contributed by atoms with Gasteiger partial charge in [-0.2, -0.15) is 0 Å². The topological polar surface area (TPSA) is 45.5 Å². The van der Waals surface area contributed by atoms with E-state index in [1.807, 2.05) is 0 Å². The predicted octanol–water partition coefficient (Wildman–Crippen LogP) is 16.3. The predicted molar refractivity (Wildman–Crippen MR) is 291 cm³/mol. The summed E-state index contributed by atoms with van der Waals surface area (Å²) in [5.41, 5.74) is 15.6. The molecule has 6 nitrogen and oxygen atoms in total. The summed E-state index contributed by atoms with van der Waals surface area (Å²) in [5.74, 6) is 1.58. The number of allylic oxidation sites excluding steroid dienone is 4. The van der Waals surface area contributed by atoms with Crippen LogP contribution < -0.4 is 0 Å². The minimum absolute atomic E-state index is 0.749. The van der Waals surface area contributed by atoms with Crippen molar-refractivity contribution >= 4 is 92.8 Å². The third kappa shape index (κ3) is 5.62. The molecule has 0 unspecified atom stereocenters. The first-order valence-corrected chi connectivity index (χ1v) is 24.1. The van der Waals surface area contributed by atoms with Crippen LogP contribution in [0.15, 0.2) is 231 Å². The fraction of sp³-hybridized carbons (Fsp3) is 0.0312. The van der Waals surface area contributed by atoms with Crippen LogP contribution in [0.5, 0.6) is 0 Å². The first-order chi connectivity index (χ1) is 34.8. The van der Waals surface area contributed by atoms with Crippen molar-refractivity contribution in [2.45, 2.75) is 12.8 Å². The van der Waals surface area contributed by atoms with Gasteiger partial charge in [-0.25, -0.2) is 9.97 Å². The maximum Gasteiger partial charge on any atom is 0.158 e. The van der Waals surface area contributed by atoms with Crippen molar-refractivity contribution in [2.75, 3.05) is 0 Å². The van der Waals surface area contributed by atoms with E-state index in [2.05, 4.69) is 249 Å². The van der Waals surface area contributed by atoms with Crippen LogP contribution in [0.3, 0.4) is 0 Å². The quantitative estimate of drug-likeness (QED) is 0.167. The van der Waals surface area contributed by atoms with Crippen LogP contribution in [0.2, 0.25) is 0 Å². The zero-order chi connectivity index (χ0) is 45.9. The van der Waals surface area contributed by atoms with Crippen molar-refractivity contribution < 1.29 is 0 Å². The number of hydrogen-bond acceptors (Lipinski definition) is 2. The summed E-state index contributed by atoms with van der Waals surface area (Å²) in [4.78, 5) is 10.9. The number of nitrogens with zero attached hydrogens (tertiary/aromatic N) is 6. The molecule has 14 aromatic rings. The van der Waals surface area contributed by atoms with Crippen molar-refractivity contribution in [1.29, 1.82) is 0 Å². The first kappa shape index (κ1) is 38.8. The SMILES string of the molecule is C1=CCCC(c2nc(-c3cccc(-n4c5ccccc5c5c(-n6c7ccccc7c7ccccc76)cccc54)c3)cc(-n3c4ccccc4c4c(-n5c6ccccc6c6ccccc65)cccc43)n2)=C1. The third-order valence-electron chi connectivity index (χ3n) is 14.6. The van der Waals surface area contributed by atoms with Gasteiger partial charge in [-0.05, 0) is 91.2 Å². The molecule has 1 aliphatic carbocycles. The fourth-order valence-electron chi connectivity index (χ4n) is 11.7. The van der Waals surface area contributed by atoms with Crippen LogP contribution in [0, 0.1) is 0 Å². The average molecular weight is 895 g/mol. The molecule has 5 heterocycles. The van der Waals surface area contributed by atoms with E-state index in [1.54, 1.807) is 0 Å². The Labute approximate surface area is 402 Å². The lowest BCUT2D eigenvalue weighted by atomic mass is 10.0. The van der Waals surface area contributed by atoms with Gasteiger partial charge < -0.3 is 13.7 Å². The van der Waals surface area contributed by atoms with Crippen LogP contribution in [0.1, 0.15) is 18.7 Å². The van der Waals surface area contributed by atoms with E-state index in [4.69, 9.17) is 9.97 Å². The normalized spacial score (nSPS) is 13.1. The van der Waals surface area contributed by atoms with Gasteiger partial charge >= 0.3 is 0 Å². The molecule has 0 fully saturated rings. The maximum atomic E-state index is 5.48. The number of aromatic nitrogens is 6. The average Bonchev–Trinajstić information content (AvgIpc) is 4.16. The van der Waals surface area contributed by atoms with E-state index in [0.717, 1.165) is 80.4 Å². The Morgan fingerprint density at radius 1 is 0.357 bits per heavy atom. The Morgan fingerprint density at radius 2 is 0.800 bits per heavy atom. The van der Waals surface area contributed by atoms with Crippen molar-refractivity contribution in [2.24, 2.45) is 0 Å². The van der Waals surface area contributed by atoms with Gasteiger partial charge in [0, 0.05) is 60.4 Å². The molecule has 6 heteroatoms. The third-order valence-corrected chi connectivity index (χ3v) is 14.6. The van der Waals surface area contributed by atoms with Crippen LogP contribution in [0.4, 0.5) is 0 Å². The molecule has 328 valence electrons. The number of benzene rings is 9. The molecule has 0 aliphatic heterocycles. The molecular formula is C64H42N6. The van der Waals surface area contributed by atoms with Crippen LogP contribution in [-0.4, -0.2) is 28.2 Å². The Balaban J connectivity index is 0.949. The highest BCUT2D eigenvalue weighted by atomic mass is 15.1. The molecule has 0 radical (unpaired) electrons. The van der Waals surface area contributed by atoms with E-state index >= 15 is 0 Å². The molecule has 0 N–H and O–H groups in total. The minimum Gasteiger partial charge on any atom is -0.309 e. The maximum absolute atomic E-state index is 5.48. The summed E-state index contributed by atoms with van der Waals surface area (Å²) in [6, 6.07) is 77.1. The Bertz CT molecular complexity index is 4440. The lowest BCUT2D eigenvalue weighted by Crippen LogP contribution is -2.05. The summed E-state index contributed by atoms with van der Waals surface area (Å²) >= 11 is 0. The Morgan fingerprint density at radius 3 is 1.31 bits per heavy atom. The molecule has 0 atom stereocenters. The highest BCUT2D eigenvalue weighted by Gasteiger charge is 2.23. The molecule has 70 heavy (non-hydrogen) atoms. The second-order valence-corrected chi connectivity index (χ2v) is 18.4. The van der Waals surface area contributed by atoms with Crippen LogP contribution >= 0.6 is 0 Å². The van der Waals surface area contributed by atoms with Crippen molar-refractivity contribution in [3.05, 3.63) is 236 Å². The van der Waals surface area contributed by atoms with Crippen molar-refractivity contribution in [3.63, 3.8) is 0 Å². The van der Waals surface area contributed by atoms with Gasteiger partial charge in [0.1, 0.15) is 5.82 Å². The second kappa shape index (κ2) is 15.1. The van der Waals surface area contributed by atoms with Crippen molar-refractivity contribution in [3.8, 4) is 34.1 Å². The van der Waals surface area contributed by atoms with E-state index in [0.29, 0.717) is 0 Å². The number of rotatable bonds is 6. The molecule has 0 spiro atoms. The van der Waals surface area contributed by atoms with Gasteiger partial charge in [-0.15, -0.1) is 0 Å². The summed E-state index contributed by atoms with van der Waals surface area (Å²) in [6.07, 6.45) is 8.37. The fourth-order valence-corrected chi connectivity index (χ4v) is 11.7. The second-order valence-electron chi connectivity index (χ2n) is 18.4. The molecular weight excluding hydrogens is 853 g/mol. The summed E-state index contributed by atoms with van der Waals surface area (Å²) in [7, 11) is 0. The van der Waals surface area contributed by atoms with Gasteiger partial charge in [0.05, 0.1) is 61.2 Å². The lowest BCUT2D eigenvalue weighted by molar-refractivity contribution is 0.974. The van der Waals surface area contributed by atoms with Crippen LogP contribution in [0.25, 0.3) is 127 Å². The first-order valence-electron chi connectivity index (χ1n) is 24.1. The van der Waals surface area contributed by atoms with E-state index < -0.39 is 0 Å². The number of fused-ring (bicyclic) bond motifs is 12. The molecule has 15 rings (SSSR count). The zero-order valence-electron chi connectivity index (χ0n) is 38.0.